The normalized spacial score (nSPS) is 10.8. The number of aromatic nitrogens is 4. The molecular formula is C18H14ClKN4O4. The van der Waals surface area contributed by atoms with Gasteiger partial charge in [-0.05, 0) is 12.1 Å². The number of aromatic amines is 1. The van der Waals surface area contributed by atoms with Gasteiger partial charge < -0.3 is 28.9 Å². The predicted octanol–water partition coefficient (Wildman–Crippen LogP) is -0.996. The number of carboxylic acids is 1. The molecule has 0 aliphatic rings. The van der Waals surface area contributed by atoms with Gasteiger partial charge in [0, 0.05) is 29.4 Å². The Morgan fingerprint density at radius 3 is 2.75 bits per heavy atom. The first-order valence-corrected chi connectivity index (χ1v) is 8.35. The van der Waals surface area contributed by atoms with Crippen LogP contribution in [0, 0.1) is 0 Å². The standard InChI is InChI=1S/C18H15ClN4O4.K/c1-26-14-6-13-16(22-18(14)27-2)10(7-23(13)8-15(24)25)12-5-9-11(19)3-4-20-17(9)21-12;/h3-7H,8H2,1-2H3,(H,20,21)(H,24,25);/q;+1/p-1. The monoisotopic (exact) mass is 424 g/mol. The molecular weight excluding hydrogens is 411 g/mol. The van der Waals surface area contributed by atoms with Crippen molar-refractivity contribution >= 4 is 39.6 Å². The number of carbonyl (C=O) groups is 1. The smallest absolute Gasteiger partial charge is 0.548 e. The van der Waals surface area contributed by atoms with Crippen molar-refractivity contribution in [2.24, 2.45) is 0 Å². The van der Waals surface area contributed by atoms with E-state index in [4.69, 9.17) is 21.1 Å². The van der Waals surface area contributed by atoms with Gasteiger partial charge in [-0.2, -0.15) is 0 Å². The van der Waals surface area contributed by atoms with Gasteiger partial charge in [-0.15, -0.1) is 0 Å². The molecule has 4 aromatic heterocycles. The Morgan fingerprint density at radius 2 is 2.11 bits per heavy atom. The molecule has 4 heterocycles. The summed E-state index contributed by atoms with van der Waals surface area (Å²) in [4.78, 5) is 23.1. The van der Waals surface area contributed by atoms with Gasteiger partial charge in [-0.1, -0.05) is 11.6 Å². The number of rotatable bonds is 5. The van der Waals surface area contributed by atoms with Gasteiger partial charge in [0.25, 0.3) is 5.88 Å². The Morgan fingerprint density at radius 1 is 1.32 bits per heavy atom. The topological polar surface area (TPSA) is 105 Å². The van der Waals surface area contributed by atoms with Crippen LogP contribution >= 0.6 is 11.6 Å². The van der Waals surface area contributed by atoms with Crippen molar-refractivity contribution in [2.75, 3.05) is 14.2 Å². The largest absolute Gasteiger partial charge is 1.00 e. The van der Waals surface area contributed by atoms with Crippen LogP contribution < -0.4 is 66.0 Å². The number of hydrogen-bond donors (Lipinski definition) is 1. The van der Waals surface area contributed by atoms with E-state index in [0.29, 0.717) is 44.6 Å². The molecule has 0 spiro atoms. The molecule has 0 atom stereocenters. The molecule has 0 saturated heterocycles. The zero-order chi connectivity index (χ0) is 19.1. The zero-order valence-corrected chi connectivity index (χ0v) is 19.3. The van der Waals surface area contributed by atoms with Gasteiger partial charge in [0.1, 0.15) is 11.2 Å². The Labute approximate surface area is 207 Å². The summed E-state index contributed by atoms with van der Waals surface area (Å²) < 4.78 is 12.1. The zero-order valence-electron chi connectivity index (χ0n) is 15.4. The van der Waals surface area contributed by atoms with E-state index in [0.717, 1.165) is 5.39 Å². The molecule has 0 unspecified atom stereocenters. The number of fused-ring (bicyclic) bond motifs is 2. The number of nitrogens with one attached hydrogen (secondary N) is 1. The van der Waals surface area contributed by atoms with E-state index >= 15 is 0 Å². The average Bonchev–Trinajstić information content (AvgIpc) is 3.22. The number of aliphatic carboxylic acids is 1. The van der Waals surface area contributed by atoms with Crippen molar-refractivity contribution in [3.63, 3.8) is 0 Å². The Kier molecular flexibility index (Phi) is 6.33. The van der Waals surface area contributed by atoms with Crippen molar-refractivity contribution in [2.45, 2.75) is 6.54 Å². The van der Waals surface area contributed by atoms with Crippen LogP contribution in [0.4, 0.5) is 0 Å². The molecule has 0 amide bonds. The van der Waals surface area contributed by atoms with E-state index in [2.05, 4.69) is 15.0 Å². The molecule has 138 valence electrons. The molecule has 0 radical (unpaired) electrons. The summed E-state index contributed by atoms with van der Waals surface area (Å²) in [6.45, 7) is -0.326. The van der Waals surface area contributed by atoms with Gasteiger partial charge in [-0.3, -0.25) is 0 Å². The van der Waals surface area contributed by atoms with Crippen LogP contribution in [-0.4, -0.2) is 39.7 Å². The second-order valence-electron chi connectivity index (χ2n) is 5.85. The van der Waals surface area contributed by atoms with Gasteiger partial charge >= 0.3 is 51.4 Å². The molecule has 0 aliphatic heterocycles. The van der Waals surface area contributed by atoms with Crippen molar-refractivity contribution in [1.82, 2.24) is 19.5 Å². The summed E-state index contributed by atoms with van der Waals surface area (Å²) >= 11 is 6.23. The van der Waals surface area contributed by atoms with Crippen molar-refractivity contribution < 1.29 is 70.8 Å². The van der Waals surface area contributed by atoms with Gasteiger partial charge in [0.15, 0.2) is 5.75 Å². The van der Waals surface area contributed by atoms with Gasteiger partial charge in [-0.25, -0.2) is 9.97 Å². The Bertz CT molecular complexity index is 1190. The molecule has 10 heteroatoms. The Hall–Kier alpha value is -1.62. The van der Waals surface area contributed by atoms with Crippen LogP contribution in [0.15, 0.2) is 30.6 Å². The molecule has 28 heavy (non-hydrogen) atoms. The van der Waals surface area contributed by atoms with Gasteiger partial charge in [0.05, 0.1) is 43.0 Å². The summed E-state index contributed by atoms with van der Waals surface area (Å²) in [7, 11) is 2.98. The average molecular weight is 425 g/mol. The first-order valence-electron chi connectivity index (χ1n) is 7.97. The summed E-state index contributed by atoms with van der Waals surface area (Å²) in [5, 5.41) is 12.5. The van der Waals surface area contributed by atoms with Gasteiger partial charge in [0.2, 0.25) is 0 Å². The fraction of sp³-hybridized carbons (Fsp3) is 0.167. The van der Waals surface area contributed by atoms with E-state index in [-0.39, 0.29) is 57.9 Å². The third kappa shape index (κ3) is 3.65. The number of carboxylic acid groups (broad SMARTS) is 1. The van der Waals surface area contributed by atoms with Crippen LogP contribution in [0.2, 0.25) is 5.02 Å². The maximum atomic E-state index is 11.2. The summed E-state index contributed by atoms with van der Waals surface area (Å²) in [6, 6.07) is 5.23. The molecule has 1 N–H and O–H groups in total. The molecule has 4 rings (SSSR count). The van der Waals surface area contributed by atoms with Crippen LogP contribution in [0.5, 0.6) is 11.6 Å². The fourth-order valence-corrected chi connectivity index (χ4v) is 3.27. The van der Waals surface area contributed by atoms with E-state index in [1.54, 1.807) is 24.5 Å². The fourth-order valence-electron chi connectivity index (χ4n) is 3.07. The number of H-pyrrole nitrogens is 1. The second-order valence-corrected chi connectivity index (χ2v) is 6.26. The number of carbonyl (C=O) groups excluding carboxylic acids is 1. The third-order valence-electron chi connectivity index (χ3n) is 4.27. The number of halogens is 1. The maximum Gasteiger partial charge on any atom is 1.00 e. The first kappa shape index (κ1) is 21.1. The van der Waals surface area contributed by atoms with E-state index in [1.807, 2.05) is 6.07 Å². The number of ether oxygens (including phenoxy) is 2. The minimum Gasteiger partial charge on any atom is -0.548 e. The number of methoxy groups -OCH3 is 2. The number of hydrogen-bond acceptors (Lipinski definition) is 6. The van der Waals surface area contributed by atoms with E-state index < -0.39 is 5.97 Å². The number of nitrogens with zero attached hydrogens (tertiary/aromatic N) is 3. The summed E-state index contributed by atoms with van der Waals surface area (Å²) in [5.41, 5.74) is 3.13. The van der Waals surface area contributed by atoms with Crippen molar-refractivity contribution in [3.05, 3.63) is 35.6 Å². The van der Waals surface area contributed by atoms with E-state index in [1.165, 1.54) is 18.8 Å². The van der Waals surface area contributed by atoms with Crippen LogP contribution in [0.1, 0.15) is 0 Å². The van der Waals surface area contributed by atoms with Crippen LogP contribution in [0.25, 0.3) is 33.3 Å². The molecule has 0 aliphatic carbocycles. The van der Waals surface area contributed by atoms with E-state index in [9.17, 15) is 9.90 Å². The minimum absolute atomic E-state index is 0. The number of pyridine rings is 2. The molecule has 0 aromatic carbocycles. The predicted molar refractivity (Wildman–Crippen MR) is 97.9 cm³/mol. The molecule has 0 bridgehead atoms. The van der Waals surface area contributed by atoms with Crippen LogP contribution in [-0.2, 0) is 11.3 Å². The minimum atomic E-state index is -1.21. The molecule has 0 saturated carbocycles. The van der Waals surface area contributed by atoms with Crippen molar-refractivity contribution in [1.29, 1.82) is 0 Å². The first-order chi connectivity index (χ1) is 13.0. The molecule has 4 aromatic rings. The summed E-state index contributed by atoms with van der Waals surface area (Å²) in [5.74, 6) is -0.519. The molecule has 0 fully saturated rings. The SMILES string of the molecule is COc1cc2c(nc1OC)c(-c1cc3c(Cl)ccnc3[nH]1)cn2CC(=O)[O-].[K+]. The Balaban J connectivity index is 0.00000225. The second kappa shape index (κ2) is 8.40. The van der Waals surface area contributed by atoms with Crippen LogP contribution in [0.3, 0.4) is 0 Å². The van der Waals surface area contributed by atoms with Crippen molar-refractivity contribution in [3.8, 4) is 22.9 Å². The quantitative estimate of drug-likeness (QED) is 0.412. The molecule has 8 nitrogen and oxygen atoms in total. The maximum absolute atomic E-state index is 11.2. The third-order valence-corrected chi connectivity index (χ3v) is 4.60. The summed E-state index contributed by atoms with van der Waals surface area (Å²) in [6.07, 6.45) is 3.29.